The van der Waals surface area contributed by atoms with Crippen LogP contribution >= 0.6 is 11.3 Å². The van der Waals surface area contributed by atoms with Gasteiger partial charge in [-0.2, -0.15) is 5.10 Å². The highest BCUT2D eigenvalue weighted by Gasteiger charge is 2.09. The molecular formula is C18H15N3O2S. The molecule has 1 N–H and O–H groups in total. The zero-order valence-electron chi connectivity index (χ0n) is 13.0. The van der Waals surface area contributed by atoms with E-state index >= 15 is 0 Å². The van der Waals surface area contributed by atoms with Crippen molar-refractivity contribution in [2.24, 2.45) is 5.10 Å². The van der Waals surface area contributed by atoms with E-state index in [0.29, 0.717) is 16.3 Å². The number of nitrogens with zero attached hydrogens (tertiary/aromatic N) is 2. The average Bonchev–Trinajstić information content (AvgIpc) is 3.11. The lowest BCUT2D eigenvalue weighted by molar-refractivity contribution is 0.0600. The largest absolute Gasteiger partial charge is 0.465 e. The molecule has 0 saturated carbocycles. The fourth-order valence-corrected chi connectivity index (χ4v) is 2.80. The minimum absolute atomic E-state index is 0.391. The van der Waals surface area contributed by atoms with Crippen LogP contribution in [0.2, 0.25) is 0 Å². The summed E-state index contributed by atoms with van der Waals surface area (Å²) in [7, 11) is 1.36. The number of esters is 1. The van der Waals surface area contributed by atoms with Crippen LogP contribution in [0, 0.1) is 0 Å². The summed E-state index contributed by atoms with van der Waals surface area (Å²) in [6.07, 6.45) is 1.58. The minimum atomic E-state index is -0.391. The van der Waals surface area contributed by atoms with Crippen LogP contribution in [-0.2, 0) is 4.74 Å². The predicted octanol–water partition coefficient (Wildman–Crippen LogP) is 4.04. The Kier molecular flexibility index (Phi) is 4.98. The third-order valence-corrected chi connectivity index (χ3v) is 4.05. The van der Waals surface area contributed by atoms with E-state index in [9.17, 15) is 4.79 Å². The van der Waals surface area contributed by atoms with Crippen molar-refractivity contribution in [2.45, 2.75) is 0 Å². The Balaban J connectivity index is 1.72. The fourth-order valence-electron chi connectivity index (χ4n) is 2.13. The summed E-state index contributed by atoms with van der Waals surface area (Å²) in [5, 5.41) is 6.81. The molecule has 0 atom stereocenters. The number of carbonyl (C=O) groups excluding carboxylic acids is 1. The summed E-state index contributed by atoms with van der Waals surface area (Å²) in [4.78, 5) is 16.2. The number of rotatable bonds is 5. The van der Waals surface area contributed by atoms with Gasteiger partial charge in [-0.1, -0.05) is 48.5 Å². The molecule has 5 nitrogen and oxygen atoms in total. The van der Waals surface area contributed by atoms with E-state index in [1.807, 2.05) is 41.8 Å². The van der Waals surface area contributed by atoms with E-state index in [1.165, 1.54) is 18.4 Å². The van der Waals surface area contributed by atoms with Crippen molar-refractivity contribution >= 4 is 28.7 Å². The standard InChI is InChI=1S/C18H15N3O2S/c1-23-17(22)15-10-6-5-9-14(15)11-19-21-18-20-16(12-24-18)13-7-3-2-4-8-13/h2-12H,1H3,(H,20,21)/b19-11-. The highest BCUT2D eigenvalue weighted by Crippen LogP contribution is 2.24. The van der Waals surface area contributed by atoms with Crippen molar-refractivity contribution in [3.8, 4) is 11.3 Å². The van der Waals surface area contributed by atoms with Gasteiger partial charge >= 0.3 is 5.97 Å². The smallest absolute Gasteiger partial charge is 0.338 e. The topological polar surface area (TPSA) is 63.6 Å². The minimum Gasteiger partial charge on any atom is -0.465 e. The lowest BCUT2D eigenvalue weighted by Crippen LogP contribution is -2.05. The van der Waals surface area contributed by atoms with Crippen LogP contribution in [0.4, 0.5) is 5.13 Å². The maximum atomic E-state index is 11.7. The Labute approximate surface area is 143 Å². The number of ether oxygens (including phenoxy) is 1. The van der Waals surface area contributed by atoms with Crippen LogP contribution in [0.15, 0.2) is 65.1 Å². The first kappa shape index (κ1) is 15.9. The van der Waals surface area contributed by atoms with Gasteiger partial charge in [0.1, 0.15) is 0 Å². The molecule has 0 aliphatic rings. The van der Waals surface area contributed by atoms with Gasteiger partial charge in [-0.05, 0) is 6.07 Å². The molecule has 120 valence electrons. The second-order valence-electron chi connectivity index (χ2n) is 4.85. The van der Waals surface area contributed by atoms with Crippen molar-refractivity contribution in [1.29, 1.82) is 0 Å². The van der Waals surface area contributed by atoms with E-state index in [-0.39, 0.29) is 0 Å². The normalized spacial score (nSPS) is 10.7. The van der Waals surface area contributed by atoms with Crippen LogP contribution in [0.1, 0.15) is 15.9 Å². The quantitative estimate of drug-likeness (QED) is 0.433. The summed E-state index contributed by atoms with van der Waals surface area (Å²) in [6.45, 7) is 0. The maximum Gasteiger partial charge on any atom is 0.338 e. The lowest BCUT2D eigenvalue weighted by Gasteiger charge is -2.02. The van der Waals surface area contributed by atoms with Gasteiger partial charge in [-0.15, -0.1) is 11.3 Å². The van der Waals surface area contributed by atoms with E-state index in [1.54, 1.807) is 24.4 Å². The molecule has 24 heavy (non-hydrogen) atoms. The predicted molar refractivity (Wildman–Crippen MR) is 96.5 cm³/mol. The lowest BCUT2D eigenvalue weighted by atomic mass is 10.1. The molecule has 0 unspecified atom stereocenters. The number of hydrogen-bond donors (Lipinski definition) is 1. The van der Waals surface area contributed by atoms with Gasteiger partial charge in [0.2, 0.25) is 5.13 Å². The third-order valence-electron chi connectivity index (χ3n) is 3.30. The number of carbonyl (C=O) groups is 1. The molecule has 2 aromatic carbocycles. The molecule has 3 rings (SSSR count). The Bertz CT molecular complexity index is 859. The van der Waals surface area contributed by atoms with Crippen molar-refractivity contribution in [1.82, 2.24) is 4.98 Å². The number of aromatic nitrogens is 1. The van der Waals surface area contributed by atoms with Crippen molar-refractivity contribution < 1.29 is 9.53 Å². The Morgan fingerprint density at radius 1 is 1.17 bits per heavy atom. The molecule has 1 heterocycles. The van der Waals surface area contributed by atoms with E-state index in [0.717, 1.165) is 11.3 Å². The first-order valence-corrected chi connectivity index (χ1v) is 8.13. The van der Waals surface area contributed by atoms with E-state index < -0.39 is 5.97 Å². The van der Waals surface area contributed by atoms with Crippen molar-refractivity contribution in [3.05, 3.63) is 71.1 Å². The van der Waals surface area contributed by atoms with Gasteiger partial charge in [0.05, 0.1) is 24.6 Å². The van der Waals surface area contributed by atoms with E-state index in [2.05, 4.69) is 15.5 Å². The third kappa shape index (κ3) is 3.67. The first-order valence-electron chi connectivity index (χ1n) is 7.25. The van der Waals surface area contributed by atoms with Gasteiger partial charge in [-0.3, -0.25) is 5.43 Å². The maximum absolute atomic E-state index is 11.7. The molecule has 0 amide bonds. The zero-order valence-corrected chi connectivity index (χ0v) is 13.8. The van der Waals surface area contributed by atoms with Crippen LogP contribution in [0.3, 0.4) is 0 Å². The molecule has 0 aliphatic carbocycles. The molecule has 0 spiro atoms. The Morgan fingerprint density at radius 3 is 2.71 bits per heavy atom. The van der Waals surface area contributed by atoms with Gasteiger partial charge in [0.25, 0.3) is 0 Å². The van der Waals surface area contributed by atoms with Crippen LogP contribution < -0.4 is 5.43 Å². The Hall–Kier alpha value is -2.99. The van der Waals surface area contributed by atoms with Gasteiger partial charge in [-0.25, -0.2) is 9.78 Å². The van der Waals surface area contributed by atoms with Gasteiger partial charge in [0.15, 0.2) is 0 Å². The van der Waals surface area contributed by atoms with Gasteiger partial charge in [0, 0.05) is 16.5 Å². The SMILES string of the molecule is COC(=O)c1ccccc1/C=N\Nc1nc(-c2ccccc2)cs1. The summed E-state index contributed by atoms with van der Waals surface area (Å²) in [5.41, 5.74) is 5.99. The average molecular weight is 337 g/mol. The second-order valence-corrected chi connectivity index (χ2v) is 5.71. The van der Waals surface area contributed by atoms with E-state index in [4.69, 9.17) is 4.74 Å². The number of nitrogens with one attached hydrogen (secondary N) is 1. The summed E-state index contributed by atoms with van der Waals surface area (Å²) < 4.78 is 4.76. The molecule has 0 aliphatic heterocycles. The number of benzene rings is 2. The Morgan fingerprint density at radius 2 is 1.92 bits per heavy atom. The fraction of sp³-hybridized carbons (Fsp3) is 0.0556. The van der Waals surface area contributed by atoms with Crippen LogP contribution in [0.25, 0.3) is 11.3 Å². The second kappa shape index (κ2) is 7.52. The number of hydrogen-bond acceptors (Lipinski definition) is 6. The van der Waals surface area contributed by atoms with Crippen molar-refractivity contribution in [3.63, 3.8) is 0 Å². The molecule has 0 saturated heterocycles. The molecule has 6 heteroatoms. The first-order chi connectivity index (χ1) is 11.8. The number of hydrazone groups is 1. The summed E-state index contributed by atoms with van der Waals surface area (Å²) in [6, 6.07) is 17.1. The molecule has 0 fully saturated rings. The number of anilines is 1. The zero-order chi connectivity index (χ0) is 16.8. The molecule has 1 aromatic heterocycles. The highest BCUT2D eigenvalue weighted by atomic mass is 32.1. The number of thiazole rings is 1. The summed E-state index contributed by atoms with van der Waals surface area (Å²) >= 11 is 1.47. The highest BCUT2D eigenvalue weighted by molar-refractivity contribution is 7.14. The monoisotopic (exact) mass is 337 g/mol. The molecule has 3 aromatic rings. The molecular weight excluding hydrogens is 322 g/mol. The summed E-state index contributed by atoms with van der Waals surface area (Å²) in [5.74, 6) is -0.391. The van der Waals surface area contributed by atoms with Gasteiger partial charge < -0.3 is 4.74 Å². The molecule has 0 bridgehead atoms. The number of methoxy groups -OCH3 is 1. The van der Waals surface area contributed by atoms with Crippen molar-refractivity contribution in [2.75, 3.05) is 12.5 Å². The molecule has 0 radical (unpaired) electrons. The van der Waals surface area contributed by atoms with Crippen LogP contribution in [-0.4, -0.2) is 24.3 Å². The van der Waals surface area contributed by atoms with Crippen LogP contribution in [0.5, 0.6) is 0 Å².